The van der Waals surface area contributed by atoms with Crippen molar-refractivity contribution < 1.29 is 18.6 Å². The maximum atomic E-state index is 13.9. The van der Waals surface area contributed by atoms with Gasteiger partial charge in [0.15, 0.2) is 17.5 Å². The zero-order chi connectivity index (χ0) is 19.6. The fourth-order valence-corrected chi connectivity index (χ4v) is 2.51. The molecule has 0 radical (unpaired) electrons. The topological polar surface area (TPSA) is 64.1 Å². The van der Waals surface area contributed by atoms with Gasteiger partial charge in [-0.25, -0.2) is 4.39 Å². The summed E-state index contributed by atoms with van der Waals surface area (Å²) in [6.45, 7) is 3.20. The molecule has 0 saturated heterocycles. The summed E-state index contributed by atoms with van der Waals surface area (Å²) >= 11 is 0. The van der Waals surface area contributed by atoms with Crippen LogP contribution in [0.2, 0.25) is 0 Å². The highest BCUT2D eigenvalue weighted by atomic mass is 19.1. The first kappa shape index (κ1) is 20.4. The number of nitrogens with one attached hydrogen (secondary N) is 2. The van der Waals surface area contributed by atoms with Crippen molar-refractivity contribution in [2.45, 2.75) is 20.0 Å². The number of benzene rings is 2. The lowest BCUT2D eigenvalue weighted by Crippen LogP contribution is -2.36. The standard InChI is InChI=1S/C20H26FN3O3/c1-5-27-18-9-6-14(10-17(18)21)12-23-20(22-2)24-13-15-7-8-16(25-3)11-19(15)26-4/h6-11H,5,12-13H2,1-4H3,(H2,22,23,24). The molecular formula is C20H26FN3O3. The maximum absolute atomic E-state index is 13.9. The summed E-state index contributed by atoms with van der Waals surface area (Å²) < 4.78 is 29.7. The molecule has 0 heterocycles. The second-order valence-electron chi connectivity index (χ2n) is 5.65. The van der Waals surface area contributed by atoms with Crippen molar-refractivity contribution >= 4 is 5.96 Å². The van der Waals surface area contributed by atoms with Crippen molar-refractivity contribution in [1.29, 1.82) is 0 Å². The number of aliphatic imine (C=N–C) groups is 1. The van der Waals surface area contributed by atoms with Crippen LogP contribution in [0.4, 0.5) is 4.39 Å². The molecule has 27 heavy (non-hydrogen) atoms. The number of ether oxygens (including phenoxy) is 3. The van der Waals surface area contributed by atoms with Gasteiger partial charge in [-0.05, 0) is 36.8 Å². The molecule has 7 heteroatoms. The first-order valence-electron chi connectivity index (χ1n) is 8.67. The monoisotopic (exact) mass is 375 g/mol. The molecule has 2 rings (SSSR count). The van der Waals surface area contributed by atoms with Gasteiger partial charge in [-0.15, -0.1) is 0 Å². The van der Waals surface area contributed by atoms with Crippen molar-refractivity contribution in [1.82, 2.24) is 10.6 Å². The Morgan fingerprint density at radius 1 is 1.00 bits per heavy atom. The molecule has 0 aliphatic rings. The van der Waals surface area contributed by atoms with Gasteiger partial charge >= 0.3 is 0 Å². The first-order chi connectivity index (χ1) is 13.1. The molecule has 0 saturated carbocycles. The van der Waals surface area contributed by atoms with Crippen LogP contribution in [-0.2, 0) is 13.1 Å². The minimum atomic E-state index is -0.373. The Bertz CT molecular complexity index is 781. The van der Waals surface area contributed by atoms with E-state index < -0.39 is 0 Å². The van der Waals surface area contributed by atoms with Crippen molar-refractivity contribution in [2.24, 2.45) is 4.99 Å². The third-order valence-corrected chi connectivity index (χ3v) is 3.92. The van der Waals surface area contributed by atoms with Gasteiger partial charge in [0.05, 0.1) is 20.8 Å². The van der Waals surface area contributed by atoms with Gasteiger partial charge in [0.25, 0.3) is 0 Å². The Morgan fingerprint density at radius 2 is 1.78 bits per heavy atom. The molecule has 2 aromatic carbocycles. The molecule has 0 amide bonds. The third kappa shape index (κ3) is 5.77. The van der Waals surface area contributed by atoms with E-state index in [0.29, 0.717) is 25.7 Å². The second kappa shape index (κ2) is 10.3. The molecule has 146 valence electrons. The van der Waals surface area contributed by atoms with E-state index in [2.05, 4.69) is 15.6 Å². The van der Waals surface area contributed by atoms with Crippen LogP contribution in [0.1, 0.15) is 18.1 Å². The minimum absolute atomic E-state index is 0.260. The van der Waals surface area contributed by atoms with Crippen LogP contribution in [0.15, 0.2) is 41.4 Å². The molecule has 6 nitrogen and oxygen atoms in total. The van der Waals surface area contributed by atoms with E-state index in [1.165, 1.54) is 6.07 Å². The number of hydrogen-bond donors (Lipinski definition) is 2. The molecule has 0 spiro atoms. The van der Waals surface area contributed by atoms with E-state index >= 15 is 0 Å². The zero-order valence-electron chi connectivity index (χ0n) is 16.1. The maximum Gasteiger partial charge on any atom is 0.191 e. The van der Waals surface area contributed by atoms with E-state index in [9.17, 15) is 4.39 Å². The van der Waals surface area contributed by atoms with E-state index in [0.717, 1.165) is 22.6 Å². The highest BCUT2D eigenvalue weighted by Gasteiger charge is 2.08. The molecule has 0 unspecified atom stereocenters. The number of rotatable bonds is 8. The number of halogens is 1. The molecular weight excluding hydrogens is 349 g/mol. The quantitative estimate of drug-likeness (QED) is 0.548. The largest absolute Gasteiger partial charge is 0.497 e. The predicted molar refractivity (Wildman–Crippen MR) is 104 cm³/mol. The Hall–Kier alpha value is -2.96. The molecule has 0 aromatic heterocycles. The minimum Gasteiger partial charge on any atom is -0.497 e. The molecule has 0 aliphatic carbocycles. The van der Waals surface area contributed by atoms with Gasteiger partial charge in [-0.3, -0.25) is 4.99 Å². The summed E-state index contributed by atoms with van der Waals surface area (Å²) in [7, 11) is 4.91. The SMILES string of the molecule is CCOc1ccc(CNC(=NC)NCc2ccc(OC)cc2OC)cc1F. The lowest BCUT2D eigenvalue weighted by atomic mass is 10.2. The van der Waals surface area contributed by atoms with Crippen molar-refractivity contribution in [3.05, 3.63) is 53.3 Å². The normalized spacial score (nSPS) is 11.1. The van der Waals surface area contributed by atoms with Crippen LogP contribution in [0.3, 0.4) is 0 Å². The van der Waals surface area contributed by atoms with Crippen molar-refractivity contribution in [3.8, 4) is 17.2 Å². The average molecular weight is 375 g/mol. The summed E-state index contributed by atoms with van der Waals surface area (Å²) in [5.41, 5.74) is 1.76. The van der Waals surface area contributed by atoms with E-state index in [1.807, 2.05) is 31.2 Å². The van der Waals surface area contributed by atoms with E-state index in [4.69, 9.17) is 14.2 Å². The number of hydrogen-bond acceptors (Lipinski definition) is 4. The highest BCUT2D eigenvalue weighted by molar-refractivity contribution is 5.79. The number of nitrogens with zero attached hydrogens (tertiary/aromatic N) is 1. The molecule has 0 aliphatic heterocycles. The predicted octanol–water partition coefficient (Wildman–Crippen LogP) is 3.11. The number of guanidine groups is 1. The van der Waals surface area contributed by atoms with Crippen LogP contribution in [-0.4, -0.2) is 33.8 Å². The lowest BCUT2D eigenvalue weighted by Gasteiger charge is -2.15. The fraction of sp³-hybridized carbons (Fsp3) is 0.350. The Balaban J connectivity index is 1.94. The first-order valence-corrected chi connectivity index (χ1v) is 8.67. The Labute approximate surface area is 159 Å². The van der Waals surface area contributed by atoms with Crippen LogP contribution < -0.4 is 24.8 Å². The third-order valence-electron chi connectivity index (χ3n) is 3.92. The zero-order valence-corrected chi connectivity index (χ0v) is 16.1. The van der Waals surface area contributed by atoms with Crippen LogP contribution in [0.25, 0.3) is 0 Å². The van der Waals surface area contributed by atoms with Crippen LogP contribution >= 0.6 is 0 Å². The summed E-state index contributed by atoms with van der Waals surface area (Å²) in [4.78, 5) is 4.19. The molecule has 2 N–H and O–H groups in total. The summed E-state index contributed by atoms with van der Waals surface area (Å²) in [5, 5.41) is 6.37. The molecule has 0 bridgehead atoms. The smallest absolute Gasteiger partial charge is 0.191 e. The summed E-state index contributed by atoms with van der Waals surface area (Å²) in [6.07, 6.45) is 0. The van der Waals surface area contributed by atoms with Gasteiger partial charge in [-0.1, -0.05) is 6.07 Å². The van der Waals surface area contributed by atoms with Crippen LogP contribution in [0.5, 0.6) is 17.2 Å². The lowest BCUT2D eigenvalue weighted by molar-refractivity contribution is 0.321. The Morgan fingerprint density at radius 3 is 2.41 bits per heavy atom. The molecule has 0 atom stereocenters. The fourth-order valence-electron chi connectivity index (χ4n) is 2.51. The van der Waals surface area contributed by atoms with E-state index in [-0.39, 0.29) is 11.6 Å². The summed E-state index contributed by atoms with van der Waals surface area (Å²) in [5.74, 6) is 1.95. The van der Waals surface area contributed by atoms with Gasteiger partial charge < -0.3 is 24.8 Å². The van der Waals surface area contributed by atoms with Gasteiger partial charge in [-0.2, -0.15) is 0 Å². The second-order valence-corrected chi connectivity index (χ2v) is 5.65. The average Bonchev–Trinajstić information content (AvgIpc) is 2.70. The van der Waals surface area contributed by atoms with Gasteiger partial charge in [0.2, 0.25) is 0 Å². The summed E-state index contributed by atoms with van der Waals surface area (Å²) in [6, 6.07) is 10.5. The van der Waals surface area contributed by atoms with Crippen molar-refractivity contribution in [2.75, 3.05) is 27.9 Å². The van der Waals surface area contributed by atoms with Crippen LogP contribution in [0, 0.1) is 5.82 Å². The molecule has 2 aromatic rings. The highest BCUT2D eigenvalue weighted by Crippen LogP contribution is 2.24. The van der Waals surface area contributed by atoms with E-state index in [1.54, 1.807) is 27.3 Å². The number of methoxy groups -OCH3 is 2. The molecule has 0 fully saturated rings. The van der Waals surface area contributed by atoms with Crippen molar-refractivity contribution in [3.63, 3.8) is 0 Å². The van der Waals surface area contributed by atoms with Gasteiger partial charge in [0.1, 0.15) is 11.5 Å². The van der Waals surface area contributed by atoms with Gasteiger partial charge in [0, 0.05) is 31.8 Å². The Kier molecular flexibility index (Phi) is 7.73.